The lowest BCUT2D eigenvalue weighted by molar-refractivity contribution is -0.155. The van der Waals surface area contributed by atoms with Crippen molar-refractivity contribution < 1.29 is 27.5 Å². The molecule has 0 saturated carbocycles. The van der Waals surface area contributed by atoms with Gasteiger partial charge in [0.05, 0.1) is 39.6 Å². The molecule has 0 radical (unpaired) electrons. The highest BCUT2D eigenvalue weighted by Gasteiger charge is 2.46. The predicted octanol–water partition coefficient (Wildman–Crippen LogP) is 1.71. The second kappa shape index (κ2) is 6.37. The van der Waals surface area contributed by atoms with Crippen molar-refractivity contribution in [1.82, 2.24) is 0 Å². The smallest absolute Gasteiger partial charge is 0.380 e. The van der Waals surface area contributed by atoms with Gasteiger partial charge in [-0.2, -0.15) is 0 Å². The van der Waals surface area contributed by atoms with E-state index in [0.717, 1.165) is 39.6 Å². The van der Waals surface area contributed by atoms with Gasteiger partial charge in [-0.3, -0.25) is 0 Å². The first kappa shape index (κ1) is 17.8. The van der Waals surface area contributed by atoms with Crippen LogP contribution in [0.4, 0.5) is 0 Å². The molecule has 3 rings (SSSR count). The maximum Gasteiger partial charge on any atom is 0.497 e. The van der Waals surface area contributed by atoms with E-state index in [1.807, 2.05) is 6.55 Å². The van der Waals surface area contributed by atoms with E-state index in [2.05, 4.69) is 20.8 Å². The second-order valence-corrected chi connectivity index (χ2v) is 11.2. The van der Waals surface area contributed by atoms with Gasteiger partial charge >= 0.3 is 8.80 Å². The Kier molecular flexibility index (Phi) is 4.92. The normalized spacial score (nSPS) is 27.7. The average Bonchev–Trinajstić information content (AvgIpc) is 2.43. The van der Waals surface area contributed by atoms with E-state index in [-0.39, 0.29) is 16.2 Å². The molecule has 0 bridgehead atoms. The molecule has 0 aromatic rings. The summed E-state index contributed by atoms with van der Waals surface area (Å²) >= 11 is 0. The van der Waals surface area contributed by atoms with Crippen molar-refractivity contribution in [3.8, 4) is 0 Å². The third-order valence-corrected chi connectivity index (χ3v) is 6.76. The Balaban J connectivity index is 1.53. The molecule has 0 N–H and O–H groups in total. The topological polar surface area (TPSA) is 55.4 Å². The summed E-state index contributed by atoms with van der Waals surface area (Å²) < 4.78 is 34.5. The highest BCUT2D eigenvalue weighted by molar-refractivity contribution is 6.59. The van der Waals surface area contributed by atoms with Crippen molar-refractivity contribution in [3.63, 3.8) is 0 Å². The molecular formula is C16H30O6Si. The van der Waals surface area contributed by atoms with E-state index in [1.165, 1.54) is 0 Å². The predicted molar refractivity (Wildman–Crippen MR) is 86.3 cm³/mol. The minimum absolute atomic E-state index is 0.0912. The van der Waals surface area contributed by atoms with E-state index in [9.17, 15) is 0 Å². The second-order valence-electron chi connectivity index (χ2n) is 8.64. The number of ether oxygens (including phenoxy) is 3. The fourth-order valence-electron chi connectivity index (χ4n) is 2.64. The molecule has 23 heavy (non-hydrogen) atoms. The summed E-state index contributed by atoms with van der Waals surface area (Å²) in [6, 6.07) is 0. The van der Waals surface area contributed by atoms with Crippen LogP contribution < -0.4 is 0 Å². The molecular weight excluding hydrogens is 316 g/mol. The monoisotopic (exact) mass is 346 g/mol. The van der Waals surface area contributed by atoms with Crippen molar-refractivity contribution in [2.45, 2.75) is 27.3 Å². The first-order valence-corrected chi connectivity index (χ1v) is 10.6. The fourth-order valence-corrected chi connectivity index (χ4v) is 4.72. The van der Waals surface area contributed by atoms with E-state index >= 15 is 0 Å². The molecule has 0 aromatic heterocycles. The lowest BCUT2D eigenvalue weighted by atomic mass is 9.90. The van der Waals surface area contributed by atoms with Crippen LogP contribution in [0.5, 0.6) is 0 Å². The van der Waals surface area contributed by atoms with E-state index in [1.54, 1.807) is 0 Å². The van der Waals surface area contributed by atoms with Gasteiger partial charge in [0.2, 0.25) is 0 Å². The molecule has 6 nitrogen and oxygen atoms in total. The summed E-state index contributed by atoms with van der Waals surface area (Å²) in [5, 5.41) is 0. The van der Waals surface area contributed by atoms with Crippen LogP contribution in [-0.2, 0) is 27.5 Å². The molecule has 0 spiro atoms. The molecule has 0 aromatic carbocycles. The number of hydrogen-bond acceptors (Lipinski definition) is 6. The first-order chi connectivity index (χ1) is 10.7. The van der Waals surface area contributed by atoms with Crippen molar-refractivity contribution in [2.75, 3.05) is 59.5 Å². The maximum atomic E-state index is 6.20. The molecule has 3 heterocycles. The quantitative estimate of drug-likeness (QED) is 0.593. The minimum atomic E-state index is -2.69. The Labute approximate surface area is 140 Å². The first-order valence-electron chi connectivity index (χ1n) is 8.39. The average molecular weight is 346 g/mol. The Hall–Kier alpha value is -0.0231. The summed E-state index contributed by atoms with van der Waals surface area (Å²) in [6.07, 6.45) is 0. The summed E-state index contributed by atoms with van der Waals surface area (Å²) in [5.41, 5.74) is 0.274. The molecule has 0 unspecified atom stereocenters. The fraction of sp³-hybridized carbons (Fsp3) is 1.00. The zero-order valence-corrected chi connectivity index (χ0v) is 15.8. The van der Waals surface area contributed by atoms with Gasteiger partial charge in [0.25, 0.3) is 0 Å². The van der Waals surface area contributed by atoms with Crippen LogP contribution >= 0.6 is 0 Å². The van der Waals surface area contributed by atoms with Crippen molar-refractivity contribution >= 4 is 8.80 Å². The van der Waals surface area contributed by atoms with Gasteiger partial charge < -0.3 is 27.5 Å². The zero-order valence-electron chi connectivity index (χ0n) is 14.8. The van der Waals surface area contributed by atoms with Crippen molar-refractivity contribution in [2.24, 2.45) is 16.2 Å². The Bertz CT molecular complexity index is 357. The van der Waals surface area contributed by atoms with Crippen LogP contribution in [0, 0.1) is 16.2 Å². The molecule has 0 aliphatic carbocycles. The molecule has 3 aliphatic rings. The molecule has 134 valence electrons. The molecule has 0 amide bonds. The Morgan fingerprint density at radius 2 is 0.913 bits per heavy atom. The zero-order chi connectivity index (χ0) is 16.6. The standard InChI is InChI=1S/C16H30O6Si/c1-14(5-17-6-14)11-20-23(4,21-12-15(2)7-18-8-15)22-13-16(3)9-19-10-16/h5-13H2,1-4H3. The highest BCUT2D eigenvalue weighted by atomic mass is 28.4. The SMILES string of the molecule is CC1(CO[Si](C)(OCC2(C)COC2)OCC2(C)COC2)COC1. The van der Waals surface area contributed by atoms with E-state index < -0.39 is 8.80 Å². The van der Waals surface area contributed by atoms with Crippen molar-refractivity contribution in [1.29, 1.82) is 0 Å². The van der Waals surface area contributed by atoms with Crippen LogP contribution in [0.2, 0.25) is 6.55 Å². The molecule has 3 aliphatic heterocycles. The van der Waals surface area contributed by atoms with E-state index in [0.29, 0.717) is 19.8 Å². The number of rotatable bonds is 9. The van der Waals surface area contributed by atoms with Gasteiger partial charge in [0.15, 0.2) is 0 Å². The van der Waals surface area contributed by atoms with Crippen molar-refractivity contribution in [3.05, 3.63) is 0 Å². The van der Waals surface area contributed by atoms with Gasteiger partial charge in [-0.05, 0) is 0 Å². The summed E-state index contributed by atoms with van der Waals surface area (Å²) in [4.78, 5) is 0. The lowest BCUT2D eigenvalue weighted by Crippen LogP contribution is -2.55. The van der Waals surface area contributed by atoms with Crippen LogP contribution in [0.3, 0.4) is 0 Å². The van der Waals surface area contributed by atoms with Gasteiger partial charge in [-0.15, -0.1) is 0 Å². The molecule has 3 saturated heterocycles. The van der Waals surface area contributed by atoms with Gasteiger partial charge in [-0.25, -0.2) is 0 Å². The third kappa shape index (κ3) is 4.34. The van der Waals surface area contributed by atoms with Crippen LogP contribution in [-0.4, -0.2) is 68.3 Å². The Morgan fingerprint density at radius 1 is 0.652 bits per heavy atom. The maximum absolute atomic E-state index is 6.20. The lowest BCUT2D eigenvalue weighted by Gasteiger charge is -2.44. The molecule has 3 fully saturated rings. The Morgan fingerprint density at radius 3 is 1.09 bits per heavy atom. The highest BCUT2D eigenvalue weighted by Crippen LogP contribution is 2.33. The largest absolute Gasteiger partial charge is 0.497 e. The van der Waals surface area contributed by atoms with Crippen LogP contribution in [0.15, 0.2) is 0 Å². The summed E-state index contributed by atoms with van der Waals surface area (Å²) in [5.74, 6) is 0. The molecule has 7 heteroatoms. The third-order valence-electron chi connectivity index (χ3n) is 4.75. The van der Waals surface area contributed by atoms with E-state index in [4.69, 9.17) is 27.5 Å². The van der Waals surface area contributed by atoms with Gasteiger partial charge in [0.1, 0.15) is 0 Å². The van der Waals surface area contributed by atoms with Crippen LogP contribution in [0.1, 0.15) is 20.8 Å². The van der Waals surface area contributed by atoms with Gasteiger partial charge in [-0.1, -0.05) is 20.8 Å². The summed E-state index contributed by atoms with van der Waals surface area (Å²) in [7, 11) is -2.69. The molecule has 0 atom stereocenters. The van der Waals surface area contributed by atoms with Crippen LogP contribution in [0.25, 0.3) is 0 Å². The van der Waals surface area contributed by atoms with Gasteiger partial charge in [0, 0.05) is 42.6 Å². The number of hydrogen-bond donors (Lipinski definition) is 0. The minimum Gasteiger partial charge on any atom is -0.380 e. The summed E-state index contributed by atoms with van der Waals surface area (Å²) in [6.45, 7) is 14.9.